The zero-order chi connectivity index (χ0) is 14.3. The molecule has 1 aliphatic rings. The van der Waals surface area contributed by atoms with E-state index in [0.717, 1.165) is 19.4 Å². The van der Waals surface area contributed by atoms with Crippen LogP contribution >= 0.6 is 0 Å². The smallest absolute Gasteiger partial charge is 0.223 e. The molecular formula is C17H33NO. The molecule has 2 nitrogen and oxygen atoms in total. The lowest BCUT2D eigenvalue weighted by Crippen LogP contribution is -2.40. The third kappa shape index (κ3) is 5.54. The second-order valence-electron chi connectivity index (χ2n) is 6.78. The molecule has 0 aromatic carbocycles. The predicted octanol–water partition coefficient (Wildman–Crippen LogP) is 4.39. The zero-order valence-corrected chi connectivity index (χ0v) is 13.4. The van der Waals surface area contributed by atoms with Crippen molar-refractivity contribution >= 4 is 5.91 Å². The first-order valence-electron chi connectivity index (χ1n) is 8.34. The first-order valence-corrected chi connectivity index (χ1v) is 8.34. The van der Waals surface area contributed by atoms with E-state index in [2.05, 4.69) is 33.0 Å². The number of unbranched alkanes of at least 4 members (excludes halogenated alkanes) is 3. The lowest BCUT2D eigenvalue weighted by molar-refractivity contribution is -0.129. The van der Waals surface area contributed by atoms with Gasteiger partial charge in [0.25, 0.3) is 0 Å². The molecule has 112 valence electrons. The van der Waals surface area contributed by atoms with Crippen LogP contribution in [0.4, 0.5) is 0 Å². The van der Waals surface area contributed by atoms with Crippen molar-refractivity contribution in [3.63, 3.8) is 0 Å². The van der Waals surface area contributed by atoms with Gasteiger partial charge in [0.1, 0.15) is 0 Å². The van der Waals surface area contributed by atoms with E-state index in [1.807, 2.05) is 0 Å². The Balaban J connectivity index is 2.38. The highest BCUT2D eigenvalue weighted by molar-refractivity contribution is 5.79. The molecule has 3 atom stereocenters. The molecule has 1 rings (SSSR count). The topological polar surface area (TPSA) is 29.1 Å². The van der Waals surface area contributed by atoms with E-state index >= 15 is 0 Å². The summed E-state index contributed by atoms with van der Waals surface area (Å²) >= 11 is 0. The van der Waals surface area contributed by atoms with E-state index in [1.165, 1.54) is 32.1 Å². The fraction of sp³-hybridized carbons (Fsp3) is 0.941. The Labute approximate surface area is 119 Å². The third-order valence-corrected chi connectivity index (χ3v) is 4.69. The van der Waals surface area contributed by atoms with Gasteiger partial charge in [-0.1, -0.05) is 53.4 Å². The van der Waals surface area contributed by atoms with E-state index in [0.29, 0.717) is 23.7 Å². The van der Waals surface area contributed by atoms with Gasteiger partial charge in [-0.3, -0.25) is 4.79 Å². The van der Waals surface area contributed by atoms with Crippen LogP contribution in [0.1, 0.15) is 72.6 Å². The van der Waals surface area contributed by atoms with E-state index in [1.54, 1.807) is 0 Å². The Morgan fingerprint density at radius 2 is 1.95 bits per heavy atom. The van der Waals surface area contributed by atoms with Crippen LogP contribution in [0, 0.1) is 23.7 Å². The average Bonchev–Trinajstić information content (AvgIpc) is 2.37. The summed E-state index contributed by atoms with van der Waals surface area (Å²) in [4.78, 5) is 12.4. The van der Waals surface area contributed by atoms with Crippen molar-refractivity contribution in [3.8, 4) is 0 Å². The fourth-order valence-corrected chi connectivity index (χ4v) is 3.40. The minimum Gasteiger partial charge on any atom is -0.356 e. The first kappa shape index (κ1) is 16.5. The molecule has 0 radical (unpaired) electrons. The quantitative estimate of drug-likeness (QED) is 0.681. The van der Waals surface area contributed by atoms with Gasteiger partial charge < -0.3 is 5.32 Å². The Morgan fingerprint density at radius 1 is 1.21 bits per heavy atom. The minimum absolute atomic E-state index is 0.259. The maximum Gasteiger partial charge on any atom is 0.223 e. The van der Waals surface area contributed by atoms with Crippen molar-refractivity contribution in [1.82, 2.24) is 5.32 Å². The summed E-state index contributed by atoms with van der Waals surface area (Å²) in [6.45, 7) is 9.91. The van der Waals surface area contributed by atoms with Gasteiger partial charge in [0.15, 0.2) is 0 Å². The fourth-order valence-electron chi connectivity index (χ4n) is 3.40. The maximum atomic E-state index is 12.4. The van der Waals surface area contributed by atoms with Gasteiger partial charge in [0.05, 0.1) is 0 Å². The summed E-state index contributed by atoms with van der Waals surface area (Å²) in [5, 5.41) is 3.18. The van der Waals surface area contributed by atoms with E-state index in [-0.39, 0.29) is 5.92 Å². The number of rotatable bonds is 7. The number of amides is 1. The standard InChI is InChI=1S/C17H33NO/c1-5-6-7-8-11-18-17(19)16-12-14(4)9-10-15(16)13(2)3/h13-16H,5-12H2,1-4H3,(H,18,19). The van der Waals surface area contributed by atoms with Gasteiger partial charge in [-0.05, 0) is 37.0 Å². The molecule has 1 amide bonds. The van der Waals surface area contributed by atoms with Crippen LogP contribution < -0.4 is 5.32 Å². The molecule has 1 saturated carbocycles. The summed E-state index contributed by atoms with van der Waals surface area (Å²) in [5.74, 6) is 2.51. The molecular weight excluding hydrogens is 234 g/mol. The van der Waals surface area contributed by atoms with Crippen molar-refractivity contribution in [3.05, 3.63) is 0 Å². The monoisotopic (exact) mass is 267 g/mol. The summed E-state index contributed by atoms with van der Waals surface area (Å²) in [7, 11) is 0. The molecule has 0 bridgehead atoms. The number of nitrogens with one attached hydrogen (secondary N) is 1. The lowest BCUT2D eigenvalue weighted by atomic mass is 9.70. The normalized spacial score (nSPS) is 27.5. The highest BCUT2D eigenvalue weighted by Crippen LogP contribution is 2.38. The van der Waals surface area contributed by atoms with Gasteiger partial charge in [0.2, 0.25) is 5.91 Å². The van der Waals surface area contributed by atoms with E-state index in [9.17, 15) is 4.79 Å². The zero-order valence-electron chi connectivity index (χ0n) is 13.4. The molecule has 0 saturated heterocycles. The summed E-state index contributed by atoms with van der Waals surface area (Å²) < 4.78 is 0. The Morgan fingerprint density at radius 3 is 2.58 bits per heavy atom. The van der Waals surface area contributed by atoms with Crippen LogP contribution in [0.3, 0.4) is 0 Å². The second kappa shape index (κ2) is 8.60. The molecule has 0 aromatic rings. The molecule has 0 heterocycles. The van der Waals surface area contributed by atoms with Gasteiger partial charge >= 0.3 is 0 Å². The van der Waals surface area contributed by atoms with Gasteiger partial charge in [0, 0.05) is 12.5 Å². The van der Waals surface area contributed by atoms with Crippen molar-refractivity contribution in [2.24, 2.45) is 23.7 Å². The molecule has 19 heavy (non-hydrogen) atoms. The molecule has 0 aliphatic heterocycles. The molecule has 1 fully saturated rings. The van der Waals surface area contributed by atoms with E-state index < -0.39 is 0 Å². The van der Waals surface area contributed by atoms with Crippen LogP contribution in [-0.4, -0.2) is 12.5 Å². The van der Waals surface area contributed by atoms with Gasteiger partial charge in [-0.25, -0.2) is 0 Å². The second-order valence-corrected chi connectivity index (χ2v) is 6.78. The van der Waals surface area contributed by atoms with E-state index in [4.69, 9.17) is 0 Å². The maximum absolute atomic E-state index is 12.4. The molecule has 0 aromatic heterocycles. The Bertz CT molecular complexity index is 262. The highest BCUT2D eigenvalue weighted by Gasteiger charge is 2.34. The molecule has 1 aliphatic carbocycles. The number of carbonyl (C=O) groups is 1. The van der Waals surface area contributed by atoms with Gasteiger partial charge in [-0.15, -0.1) is 0 Å². The molecule has 0 spiro atoms. The SMILES string of the molecule is CCCCCCNC(=O)C1CC(C)CCC1C(C)C. The summed E-state index contributed by atoms with van der Waals surface area (Å²) in [5.41, 5.74) is 0. The van der Waals surface area contributed by atoms with Crippen molar-refractivity contribution in [2.45, 2.75) is 72.6 Å². The van der Waals surface area contributed by atoms with Crippen LogP contribution in [0.2, 0.25) is 0 Å². The van der Waals surface area contributed by atoms with Crippen LogP contribution in [0.25, 0.3) is 0 Å². The summed E-state index contributed by atoms with van der Waals surface area (Å²) in [6, 6.07) is 0. The minimum atomic E-state index is 0.259. The number of carbonyl (C=O) groups excluding carboxylic acids is 1. The highest BCUT2D eigenvalue weighted by atomic mass is 16.1. The lowest BCUT2D eigenvalue weighted by Gasteiger charge is -2.36. The molecule has 1 N–H and O–H groups in total. The van der Waals surface area contributed by atoms with Crippen LogP contribution in [-0.2, 0) is 4.79 Å². The number of hydrogen-bond donors (Lipinski definition) is 1. The first-order chi connectivity index (χ1) is 9.06. The Kier molecular flexibility index (Phi) is 7.48. The molecule has 3 unspecified atom stereocenters. The third-order valence-electron chi connectivity index (χ3n) is 4.69. The van der Waals surface area contributed by atoms with Crippen LogP contribution in [0.5, 0.6) is 0 Å². The predicted molar refractivity (Wildman–Crippen MR) is 82.0 cm³/mol. The van der Waals surface area contributed by atoms with Crippen LogP contribution in [0.15, 0.2) is 0 Å². The summed E-state index contributed by atoms with van der Waals surface area (Å²) in [6.07, 6.45) is 8.52. The Hall–Kier alpha value is -0.530. The average molecular weight is 267 g/mol. The van der Waals surface area contributed by atoms with Gasteiger partial charge in [-0.2, -0.15) is 0 Å². The number of hydrogen-bond acceptors (Lipinski definition) is 1. The van der Waals surface area contributed by atoms with Crippen molar-refractivity contribution < 1.29 is 4.79 Å². The van der Waals surface area contributed by atoms with Crippen molar-refractivity contribution in [2.75, 3.05) is 6.54 Å². The largest absolute Gasteiger partial charge is 0.356 e. The molecule has 2 heteroatoms. The van der Waals surface area contributed by atoms with Crippen molar-refractivity contribution in [1.29, 1.82) is 0 Å².